The molecule has 0 spiro atoms. The minimum Gasteiger partial charge on any atom is -0.507 e. The maximum atomic E-state index is 13.8. The van der Waals surface area contributed by atoms with Crippen molar-refractivity contribution in [1.29, 1.82) is 0 Å². The fourth-order valence-corrected chi connectivity index (χ4v) is 4.05. The number of hydrogen-bond acceptors (Lipinski definition) is 4. The maximum Gasteiger partial charge on any atom is 0.416 e. The van der Waals surface area contributed by atoms with Gasteiger partial charge in [0, 0.05) is 0 Å². The number of carbonyl (C=O) groups is 1. The fourth-order valence-electron chi connectivity index (χ4n) is 4.05. The number of rotatable bonds is 7. The summed E-state index contributed by atoms with van der Waals surface area (Å²) in [5.74, 6) is -1.26. The third-order valence-electron chi connectivity index (χ3n) is 5.95. The lowest BCUT2D eigenvalue weighted by Gasteiger charge is -2.27. The second-order valence-corrected chi connectivity index (χ2v) is 9.25. The molecule has 0 aliphatic heterocycles. The normalized spacial score (nSPS) is 11.9. The van der Waals surface area contributed by atoms with Crippen molar-refractivity contribution in [3.05, 3.63) is 106 Å². The topological polar surface area (TPSA) is 89.2 Å². The van der Waals surface area contributed by atoms with E-state index in [4.69, 9.17) is 0 Å². The van der Waals surface area contributed by atoms with Crippen molar-refractivity contribution in [2.75, 3.05) is 0 Å². The quantitative estimate of drug-likeness (QED) is 0.341. The first-order valence-electron chi connectivity index (χ1n) is 11.5. The Morgan fingerprint density at radius 1 is 0.974 bits per heavy atom. The average molecular weight is 529 g/mol. The highest BCUT2D eigenvalue weighted by atomic mass is 19.4. The van der Waals surface area contributed by atoms with E-state index in [0.29, 0.717) is 5.56 Å². The third-order valence-corrected chi connectivity index (χ3v) is 5.95. The van der Waals surface area contributed by atoms with Crippen molar-refractivity contribution >= 4 is 5.91 Å². The zero-order valence-corrected chi connectivity index (χ0v) is 20.5. The third kappa shape index (κ3) is 5.77. The molecule has 0 fully saturated rings. The Hall–Kier alpha value is -4.41. The highest BCUT2D eigenvalue weighted by molar-refractivity contribution is 5.76. The molecule has 0 bridgehead atoms. The van der Waals surface area contributed by atoms with Gasteiger partial charge in [0.15, 0.2) is 5.82 Å². The minimum absolute atomic E-state index is 0.0577. The molecule has 4 aromatic rings. The van der Waals surface area contributed by atoms with Gasteiger partial charge in [0.1, 0.15) is 18.1 Å². The van der Waals surface area contributed by atoms with Crippen LogP contribution >= 0.6 is 0 Å². The lowest BCUT2D eigenvalue weighted by atomic mass is 9.92. The van der Waals surface area contributed by atoms with Gasteiger partial charge in [-0.1, -0.05) is 36.4 Å². The smallest absolute Gasteiger partial charge is 0.416 e. The zero-order chi connectivity index (χ0) is 27.7. The minimum atomic E-state index is -4.54. The Morgan fingerprint density at radius 3 is 2.34 bits per heavy atom. The number of nitrogens with one attached hydrogen (secondary N) is 1. The molecule has 7 nitrogen and oxygen atoms in total. The van der Waals surface area contributed by atoms with Crippen LogP contribution in [0.3, 0.4) is 0 Å². The van der Waals surface area contributed by atoms with Gasteiger partial charge >= 0.3 is 11.9 Å². The highest BCUT2D eigenvalue weighted by Gasteiger charge is 2.33. The van der Waals surface area contributed by atoms with Gasteiger partial charge in [0.2, 0.25) is 5.91 Å². The van der Waals surface area contributed by atoms with Gasteiger partial charge in [0.25, 0.3) is 0 Å². The van der Waals surface area contributed by atoms with Crippen LogP contribution in [0.1, 0.15) is 30.5 Å². The number of alkyl halides is 3. The Morgan fingerprint density at radius 2 is 1.66 bits per heavy atom. The Labute approximate surface area is 215 Å². The first-order chi connectivity index (χ1) is 17.8. The molecule has 0 unspecified atom stereocenters. The molecule has 0 saturated heterocycles. The zero-order valence-electron chi connectivity index (χ0n) is 20.5. The number of hydrogen-bond donors (Lipinski definition) is 2. The molecule has 38 heavy (non-hydrogen) atoms. The van der Waals surface area contributed by atoms with Crippen LogP contribution in [-0.2, 0) is 29.6 Å². The van der Waals surface area contributed by atoms with E-state index in [-0.39, 0.29) is 29.2 Å². The van der Waals surface area contributed by atoms with E-state index < -0.39 is 41.2 Å². The summed E-state index contributed by atoms with van der Waals surface area (Å²) in [4.78, 5) is 26.2. The molecule has 198 valence electrons. The molecule has 11 heteroatoms. The van der Waals surface area contributed by atoms with Crippen LogP contribution in [0.5, 0.6) is 5.75 Å². The number of amides is 1. The molecule has 4 rings (SSSR count). The lowest BCUT2D eigenvalue weighted by molar-refractivity contribution is -0.137. The van der Waals surface area contributed by atoms with Crippen molar-refractivity contribution in [2.45, 2.75) is 38.7 Å². The standard InChI is InChI=1S/C27H24F4N4O3/c1-26(2,18-8-6-9-19(14-18)27(29,30)31)32-23(37)16-35-25(38)34(15-17-7-5-10-20(28)13-17)24(33-35)21-11-3-4-12-22(21)36/h3-14,36H,15-16H2,1-2H3,(H,32,37). The molecular formula is C27H24F4N4O3. The summed E-state index contributed by atoms with van der Waals surface area (Å²) < 4.78 is 55.3. The lowest BCUT2D eigenvalue weighted by Crippen LogP contribution is -2.44. The van der Waals surface area contributed by atoms with Gasteiger partial charge in [-0.3, -0.25) is 9.36 Å². The molecule has 0 aliphatic rings. The van der Waals surface area contributed by atoms with Crippen LogP contribution in [0.25, 0.3) is 11.4 Å². The molecule has 0 saturated carbocycles. The SMILES string of the molecule is CC(C)(NC(=O)Cn1nc(-c2ccccc2O)n(Cc2cccc(F)c2)c1=O)c1cccc(C(F)(F)F)c1. The van der Waals surface area contributed by atoms with Crippen molar-refractivity contribution in [3.63, 3.8) is 0 Å². The van der Waals surface area contributed by atoms with E-state index in [0.717, 1.165) is 16.8 Å². The number of nitrogens with zero attached hydrogens (tertiary/aromatic N) is 3. The van der Waals surface area contributed by atoms with Gasteiger partial charge in [0.05, 0.1) is 23.2 Å². The van der Waals surface area contributed by atoms with Gasteiger partial charge in [-0.15, -0.1) is 5.10 Å². The second kappa shape index (κ2) is 10.2. The van der Waals surface area contributed by atoms with Crippen LogP contribution in [0.15, 0.2) is 77.6 Å². The highest BCUT2D eigenvalue weighted by Crippen LogP contribution is 2.32. The molecule has 1 amide bonds. The van der Waals surface area contributed by atoms with Crippen molar-refractivity contribution in [2.24, 2.45) is 0 Å². The van der Waals surface area contributed by atoms with E-state index in [9.17, 15) is 32.3 Å². The number of carbonyl (C=O) groups excluding carboxylic acids is 1. The number of aromatic nitrogens is 3. The Balaban J connectivity index is 1.65. The summed E-state index contributed by atoms with van der Waals surface area (Å²) in [7, 11) is 0. The summed E-state index contributed by atoms with van der Waals surface area (Å²) in [5.41, 5.74) is -1.84. The van der Waals surface area contributed by atoms with Gasteiger partial charge < -0.3 is 10.4 Å². The molecule has 1 heterocycles. The van der Waals surface area contributed by atoms with E-state index in [1.165, 1.54) is 41.0 Å². The predicted octanol–water partition coefficient (Wildman–Crippen LogP) is 4.68. The van der Waals surface area contributed by atoms with Crippen LogP contribution in [0, 0.1) is 5.82 Å². The average Bonchev–Trinajstić information content (AvgIpc) is 3.13. The number of para-hydroxylation sites is 1. The largest absolute Gasteiger partial charge is 0.507 e. The number of aromatic hydroxyl groups is 1. The van der Waals surface area contributed by atoms with E-state index in [2.05, 4.69) is 10.4 Å². The molecule has 0 radical (unpaired) electrons. The van der Waals surface area contributed by atoms with Crippen molar-refractivity contribution < 1.29 is 27.5 Å². The molecule has 3 aromatic carbocycles. The summed E-state index contributed by atoms with van der Waals surface area (Å²) in [6, 6.07) is 16.4. The Bertz CT molecular complexity index is 1540. The first-order valence-corrected chi connectivity index (χ1v) is 11.5. The monoisotopic (exact) mass is 528 g/mol. The Kier molecular flexibility index (Phi) is 7.12. The first kappa shape index (κ1) is 26.6. The van der Waals surface area contributed by atoms with Crippen LogP contribution < -0.4 is 11.0 Å². The van der Waals surface area contributed by atoms with Gasteiger partial charge in [-0.25, -0.2) is 13.9 Å². The number of benzene rings is 3. The van der Waals surface area contributed by atoms with Crippen LogP contribution in [0.2, 0.25) is 0 Å². The van der Waals surface area contributed by atoms with E-state index in [1.54, 1.807) is 38.1 Å². The van der Waals surface area contributed by atoms with Crippen molar-refractivity contribution in [3.8, 4) is 17.1 Å². The van der Waals surface area contributed by atoms with Gasteiger partial charge in [-0.05, 0) is 61.4 Å². The number of phenols is 1. The number of halogens is 4. The van der Waals surface area contributed by atoms with Gasteiger partial charge in [-0.2, -0.15) is 13.2 Å². The second-order valence-electron chi connectivity index (χ2n) is 9.25. The summed E-state index contributed by atoms with van der Waals surface area (Å²) >= 11 is 0. The molecule has 0 aliphatic carbocycles. The maximum absolute atomic E-state index is 13.8. The fraction of sp³-hybridized carbons (Fsp3) is 0.222. The van der Waals surface area contributed by atoms with E-state index in [1.807, 2.05) is 0 Å². The molecule has 1 aromatic heterocycles. The predicted molar refractivity (Wildman–Crippen MR) is 132 cm³/mol. The molecule has 2 N–H and O–H groups in total. The van der Waals surface area contributed by atoms with E-state index >= 15 is 0 Å². The summed E-state index contributed by atoms with van der Waals surface area (Å²) in [5, 5.41) is 17.3. The molecular weight excluding hydrogens is 504 g/mol. The van der Waals surface area contributed by atoms with Crippen LogP contribution in [-0.4, -0.2) is 25.4 Å². The van der Waals surface area contributed by atoms with Crippen LogP contribution in [0.4, 0.5) is 17.6 Å². The van der Waals surface area contributed by atoms with Crippen molar-refractivity contribution in [1.82, 2.24) is 19.7 Å². The summed E-state index contributed by atoms with van der Waals surface area (Å²) in [6.07, 6.45) is -4.54. The number of phenolic OH excluding ortho intramolecular Hbond substituents is 1. The summed E-state index contributed by atoms with van der Waals surface area (Å²) in [6.45, 7) is 2.45. The molecule has 0 atom stereocenters.